The number of aliphatic hydroxyl groups is 2. The van der Waals surface area contributed by atoms with Crippen LogP contribution in [0.5, 0.6) is 0 Å². The Kier molecular flexibility index (Phi) is 53.5. The van der Waals surface area contributed by atoms with E-state index in [1.807, 2.05) is 0 Å². The largest absolute Gasteiger partial charge is 0.466 e. The Bertz CT molecular complexity index is 913. The summed E-state index contributed by atoms with van der Waals surface area (Å²) in [6.07, 6.45) is 62.4. The molecule has 3 N–H and O–H groups in total. The van der Waals surface area contributed by atoms with Gasteiger partial charge in [0.05, 0.1) is 25.4 Å². The number of nitrogens with one attached hydrogen (secondary N) is 1. The third-order valence-electron chi connectivity index (χ3n) is 13.9. The first-order valence-corrected chi connectivity index (χ1v) is 29.3. The Balaban J connectivity index is 3.36. The second-order valence-electron chi connectivity index (χ2n) is 20.3. The summed E-state index contributed by atoms with van der Waals surface area (Å²) in [4.78, 5) is 24.5. The number of esters is 1. The van der Waals surface area contributed by atoms with Crippen LogP contribution in [0.15, 0.2) is 0 Å². The lowest BCUT2D eigenvalue weighted by molar-refractivity contribution is -0.143. The SMILES string of the molecule is CCCCCCCCCCCCCCCCC(O)C(CO)NC(=O)CCCCCCCCCCCCCCCCCCCCCCCCOC(=O)CCCCCCCCCCCCC. The molecule has 382 valence electrons. The number of amides is 1. The van der Waals surface area contributed by atoms with E-state index >= 15 is 0 Å². The van der Waals surface area contributed by atoms with Crippen LogP contribution in [-0.2, 0) is 14.3 Å². The van der Waals surface area contributed by atoms with Crippen LogP contribution in [-0.4, -0.2) is 47.4 Å². The highest BCUT2D eigenvalue weighted by molar-refractivity contribution is 5.76. The molecule has 0 spiro atoms. The summed E-state index contributed by atoms with van der Waals surface area (Å²) in [6, 6.07) is -0.539. The fraction of sp³-hybridized carbons (Fsp3) is 0.966. The summed E-state index contributed by atoms with van der Waals surface area (Å²) < 4.78 is 5.46. The molecule has 0 aliphatic carbocycles. The van der Waals surface area contributed by atoms with E-state index in [1.54, 1.807) is 0 Å². The predicted molar refractivity (Wildman–Crippen MR) is 278 cm³/mol. The van der Waals surface area contributed by atoms with E-state index in [9.17, 15) is 19.8 Å². The van der Waals surface area contributed by atoms with Gasteiger partial charge in [-0.1, -0.05) is 296 Å². The van der Waals surface area contributed by atoms with Crippen molar-refractivity contribution in [2.24, 2.45) is 0 Å². The van der Waals surface area contributed by atoms with E-state index in [0.717, 1.165) is 38.5 Å². The van der Waals surface area contributed by atoms with Crippen LogP contribution in [0.4, 0.5) is 0 Å². The normalized spacial score (nSPS) is 12.5. The molecule has 0 heterocycles. The molecular weight excluding hydrogens is 791 g/mol. The third kappa shape index (κ3) is 50.3. The van der Waals surface area contributed by atoms with Gasteiger partial charge in [0.15, 0.2) is 0 Å². The molecule has 0 fully saturated rings. The highest BCUT2D eigenvalue weighted by atomic mass is 16.5. The average Bonchev–Trinajstić information content (AvgIpc) is 3.29. The van der Waals surface area contributed by atoms with E-state index < -0.39 is 12.1 Å². The Morgan fingerprint density at radius 1 is 0.375 bits per heavy atom. The van der Waals surface area contributed by atoms with Gasteiger partial charge in [0.1, 0.15) is 0 Å². The van der Waals surface area contributed by atoms with Gasteiger partial charge in [-0.3, -0.25) is 9.59 Å². The number of hydrogen-bond acceptors (Lipinski definition) is 5. The van der Waals surface area contributed by atoms with E-state index in [1.165, 1.54) is 263 Å². The van der Waals surface area contributed by atoms with Crippen LogP contribution < -0.4 is 5.32 Å². The minimum atomic E-state index is -0.662. The molecule has 0 aromatic rings. The zero-order chi connectivity index (χ0) is 46.5. The minimum absolute atomic E-state index is 0.0137. The molecule has 64 heavy (non-hydrogen) atoms. The third-order valence-corrected chi connectivity index (χ3v) is 13.9. The summed E-state index contributed by atoms with van der Waals surface area (Å²) in [6.45, 7) is 4.97. The fourth-order valence-electron chi connectivity index (χ4n) is 9.41. The first-order valence-electron chi connectivity index (χ1n) is 29.3. The summed E-state index contributed by atoms with van der Waals surface area (Å²) in [5, 5.41) is 23.3. The molecule has 0 aromatic heterocycles. The van der Waals surface area contributed by atoms with Crippen molar-refractivity contribution < 1.29 is 24.5 Å². The second-order valence-corrected chi connectivity index (χ2v) is 20.3. The van der Waals surface area contributed by atoms with Crippen molar-refractivity contribution in [2.75, 3.05) is 13.2 Å². The van der Waals surface area contributed by atoms with Crippen LogP contribution in [0, 0.1) is 0 Å². The molecule has 0 aliphatic heterocycles. The predicted octanol–water partition coefficient (Wildman–Crippen LogP) is 17.9. The summed E-state index contributed by atoms with van der Waals surface area (Å²) in [5.74, 6) is -0.0191. The number of rotatable bonds is 55. The molecule has 0 saturated heterocycles. The van der Waals surface area contributed by atoms with Crippen LogP contribution in [0.2, 0.25) is 0 Å². The zero-order valence-electron chi connectivity index (χ0n) is 43.5. The van der Waals surface area contributed by atoms with E-state index in [4.69, 9.17) is 4.74 Å². The van der Waals surface area contributed by atoms with Gasteiger partial charge in [-0.05, 0) is 25.7 Å². The average molecular weight is 907 g/mol. The molecule has 1 amide bonds. The molecule has 0 aliphatic rings. The maximum atomic E-state index is 12.5. The van der Waals surface area contributed by atoms with Crippen molar-refractivity contribution in [1.29, 1.82) is 0 Å². The Hall–Kier alpha value is -1.14. The second kappa shape index (κ2) is 54.5. The molecule has 0 bridgehead atoms. The standard InChI is InChI=1S/C58H115NO5/c1-3-5-7-9-11-13-15-16-27-31-34-38-42-46-50-56(61)55(54-60)59-57(62)51-47-43-39-35-32-28-25-23-21-19-17-18-20-22-24-26-29-33-37-41-45-49-53-64-58(63)52-48-44-40-36-30-14-12-10-8-6-4-2/h55-56,60-61H,3-54H2,1-2H3,(H,59,62). The first-order chi connectivity index (χ1) is 31.5. The van der Waals surface area contributed by atoms with Gasteiger partial charge in [0.25, 0.3) is 0 Å². The fourth-order valence-corrected chi connectivity index (χ4v) is 9.41. The smallest absolute Gasteiger partial charge is 0.305 e. The lowest BCUT2D eigenvalue weighted by atomic mass is 10.0. The Morgan fingerprint density at radius 3 is 0.953 bits per heavy atom. The highest BCUT2D eigenvalue weighted by Gasteiger charge is 2.20. The van der Waals surface area contributed by atoms with Gasteiger partial charge < -0.3 is 20.3 Å². The van der Waals surface area contributed by atoms with E-state index in [2.05, 4.69) is 19.2 Å². The van der Waals surface area contributed by atoms with Crippen molar-refractivity contribution in [3.05, 3.63) is 0 Å². The number of carbonyl (C=O) groups excluding carboxylic acids is 2. The van der Waals surface area contributed by atoms with Crippen molar-refractivity contribution in [2.45, 2.75) is 347 Å². The lowest BCUT2D eigenvalue weighted by Gasteiger charge is -2.22. The quantitative estimate of drug-likeness (QED) is 0.0417. The van der Waals surface area contributed by atoms with Crippen molar-refractivity contribution >= 4 is 11.9 Å². The van der Waals surface area contributed by atoms with Gasteiger partial charge in [-0.2, -0.15) is 0 Å². The summed E-state index contributed by atoms with van der Waals surface area (Å²) >= 11 is 0. The Morgan fingerprint density at radius 2 is 0.641 bits per heavy atom. The van der Waals surface area contributed by atoms with Gasteiger partial charge >= 0.3 is 5.97 Å². The maximum Gasteiger partial charge on any atom is 0.305 e. The molecule has 6 nitrogen and oxygen atoms in total. The van der Waals surface area contributed by atoms with Gasteiger partial charge in [0, 0.05) is 12.8 Å². The zero-order valence-corrected chi connectivity index (χ0v) is 43.5. The molecule has 2 unspecified atom stereocenters. The number of carbonyl (C=O) groups is 2. The van der Waals surface area contributed by atoms with E-state index in [0.29, 0.717) is 25.9 Å². The monoisotopic (exact) mass is 906 g/mol. The van der Waals surface area contributed by atoms with Crippen LogP contribution >= 0.6 is 0 Å². The summed E-state index contributed by atoms with van der Waals surface area (Å²) in [5.41, 5.74) is 0. The van der Waals surface area contributed by atoms with Crippen LogP contribution in [0.1, 0.15) is 335 Å². The number of ether oxygens (including phenoxy) is 1. The molecule has 0 rings (SSSR count). The molecule has 2 atom stereocenters. The summed E-state index contributed by atoms with van der Waals surface area (Å²) in [7, 11) is 0. The van der Waals surface area contributed by atoms with Gasteiger partial charge in [0.2, 0.25) is 5.91 Å². The van der Waals surface area contributed by atoms with Crippen LogP contribution in [0.3, 0.4) is 0 Å². The Labute approximate surface area is 400 Å². The number of hydrogen-bond donors (Lipinski definition) is 3. The van der Waals surface area contributed by atoms with Crippen LogP contribution in [0.25, 0.3) is 0 Å². The number of aliphatic hydroxyl groups excluding tert-OH is 2. The molecule has 0 aromatic carbocycles. The minimum Gasteiger partial charge on any atom is -0.466 e. The molecular formula is C58H115NO5. The van der Waals surface area contributed by atoms with E-state index in [-0.39, 0.29) is 18.5 Å². The number of unbranched alkanes of at least 4 members (excludes halogenated alkanes) is 44. The lowest BCUT2D eigenvalue weighted by Crippen LogP contribution is -2.45. The van der Waals surface area contributed by atoms with Crippen molar-refractivity contribution in [3.8, 4) is 0 Å². The van der Waals surface area contributed by atoms with Crippen molar-refractivity contribution in [1.82, 2.24) is 5.32 Å². The first kappa shape index (κ1) is 62.9. The van der Waals surface area contributed by atoms with Gasteiger partial charge in [-0.15, -0.1) is 0 Å². The topological polar surface area (TPSA) is 95.9 Å². The molecule has 0 radical (unpaired) electrons. The molecule has 6 heteroatoms. The maximum absolute atomic E-state index is 12.5. The van der Waals surface area contributed by atoms with Gasteiger partial charge in [-0.25, -0.2) is 0 Å². The highest BCUT2D eigenvalue weighted by Crippen LogP contribution is 2.18. The molecule has 0 saturated carbocycles. The van der Waals surface area contributed by atoms with Crippen molar-refractivity contribution in [3.63, 3.8) is 0 Å².